The van der Waals surface area contributed by atoms with Crippen molar-refractivity contribution in [3.63, 3.8) is 0 Å². The summed E-state index contributed by atoms with van der Waals surface area (Å²) in [5.41, 5.74) is -0.342. The van der Waals surface area contributed by atoms with Gasteiger partial charge in [-0.25, -0.2) is 9.97 Å². The van der Waals surface area contributed by atoms with Crippen molar-refractivity contribution in [1.29, 1.82) is 0 Å². The molecule has 2 heterocycles. The summed E-state index contributed by atoms with van der Waals surface area (Å²) in [6.45, 7) is 7.49. The number of carbonyl (C=O) groups is 1. The lowest BCUT2D eigenvalue weighted by Gasteiger charge is -2.27. The summed E-state index contributed by atoms with van der Waals surface area (Å²) >= 11 is 0. The summed E-state index contributed by atoms with van der Waals surface area (Å²) < 4.78 is 49.2. The molecule has 34 heavy (non-hydrogen) atoms. The second-order valence-electron chi connectivity index (χ2n) is 9.43. The van der Waals surface area contributed by atoms with Gasteiger partial charge in [-0.3, -0.25) is 4.79 Å². The Morgan fingerprint density at radius 1 is 1.09 bits per heavy atom. The van der Waals surface area contributed by atoms with Crippen LogP contribution in [-0.4, -0.2) is 46.0 Å². The summed E-state index contributed by atoms with van der Waals surface area (Å²) in [6.07, 6.45) is -2.03. The minimum absolute atomic E-state index is 0.0695. The van der Waals surface area contributed by atoms with Gasteiger partial charge < -0.3 is 14.2 Å². The van der Waals surface area contributed by atoms with E-state index in [1.165, 1.54) is 31.3 Å². The topological polar surface area (TPSA) is 60.3 Å². The second-order valence-corrected chi connectivity index (χ2v) is 9.43. The first-order valence-electron chi connectivity index (χ1n) is 10.8. The van der Waals surface area contributed by atoms with E-state index in [4.69, 9.17) is 4.74 Å². The summed E-state index contributed by atoms with van der Waals surface area (Å²) in [5.74, 6) is -0.295. The van der Waals surface area contributed by atoms with Crippen LogP contribution in [0.25, 0.3) is 11.3 Å². The van der Waals surface area contributed by atoms with Gasteiger partial charge in [0.05, 0.1) is 25.2 Å². The van der Waals surface area contributed by atoms with E-state index < -0.39 is 17.8 Å². The molecule has 0 radical (unpaired) electrons. The van der Waals surface area contributed by atoms with Crippen LogP contribution in [0.5, 0.6) is 5.88 Å². The first-order valence-corrected chi connectivity index (χ1v) is 10.8. The van der Waals surface area contributed by atoms with Gasteiger partial charge in [-0.1, -0.05) is 51.1 Å². The number of carbonyl (C=O) groups excluding carboxylic acids is 1. The predicted octanol–water partition coefficient (Wildman–Crippen LogP) is 5.45. The quantitative estimate of drug-likeness (QED) is 0.477. The van der Waals surface area contributed by atoms with E-state index in [1.807, 2.05) is 20.8 Å². The van der Waals surface area contributed by atoms with E-state index in [2.05, 4.69) is 9.97 Å². The molecule has 0 fully saturated rings. The average Bonchev–Trinajstić information content (AvgIpc) is 3.04. The molecule has 6 nitrogen and oxygen atoms in total. The van der Waals surface area contributed by atoms with E-state index in [9.17, 15) is 18.0 Å². The fraction of sp³-hybridized carbons (Fsp3) is 0.400. The highest BCUT2D eigenvalue weighted by molar-refractivity contribution is 6.00. The second kappa shape index (κ2) is 9.48. The molecule has 0 aliphatic heterocycles. The molecule has 9 heteroatoms. The van der Waals surface area contributed by atoms with Crippen LogP contribution < -0.4 is 4.74 Å². The van der Waals surface area contributed by atoms with E-state index in [-0.39, 0.29) is 40.4 Å². The monoisotopic (exact) mass is 474 g/mol. The summed E-state index contributed by atoms with van der Waals surface area (Å²) in [7, 11) is 3.02. The van der Waals surface area contributed by atoms with Gasteiger partial charge in [0.15, 0.2) is 0 Å². The number of alkyl halides is 3. The number of nitrogens with zero attached hydrogens (tertiary/aromatic N) is 4. The van der Waals surface area contributed by atoms with Crippen LogP contribution in [0.2, 0.25) is 0 Å². The van der Waals surface area contributed by atoms with E-state index in [0.29, 0.717) is 12.1 Å². The van der Waals surface area contributed by atoms with Gasteiger partial charge in [0, 0.05) is 25.7 Å². The van der Waals surface area contributed by atoms with Crippen molar-refractivity contribution in [2.75, 3.05) is 20.7 Å². The van der Waals surface area contributed by atoms with Crippen molar-refractivity contribution in [1.82, 2.24) is 19.4 Å². The smallest absolute Gasteiger partial charge is 0.431 e. The zero-order valence-electron chi connectivity index (χ0n) is 20.2. The lowest BCUT2D eigenvalue weighted by Crippen LogP contribution is -2.36. The normalized spacial score (nSPS) is 12.0. The Hall–Kier alpha value is -3.36. The van der Waals surface area contributed by atoms with Crippen molar-refractivity contribution in [2.24, 2.45) is 5.41 Å². The maximum atomic E-state index is 14.4. The van der Waals surface area contributed by atoms with E-state index in [0.717, 1.165) is 4.57 Å². The molecular formula is C25H29F3N4O2. The fourth-order valence-electron chi connectivity index (χ4n) is 4.09. The summed E-state index contributed by atoms with van der Waals surface area (Å²) in [6, 6.07) is 8.76. The molecule has 0 atom stereocenters. The highest BCUT2D eigenvalue weighted by atomic mass is 19.4. The van der Waals surface area contributed by atoms with E-state index in [1.54, 1.807) is 37.4 Å². The molecule has 0 aliphatic carbocycles. The number of benzene rings is 1. The van der Waals surface area contributed by atoms with Crippen LogP contribution in [-0.2, 0) is 12.7 Å². The number of aromatic nitrogens is 3. The van der Waals surface area contributed by atoms with Gasteiger partial charge in [-0.05, 0) is 23.5 Å². The Morgan fingerprint density at radius 3 is 2.24 bits per heavy atom. The molecule has 3 rings (SSSR count). The van der Waals surface area contributed by atoms with Crippen LogP contribution in [0.1, 0.15) is 48.1 Å². The van der Waals surface area contributed by atoms with Crippen molar-refractivity contribution in [3.8, 4) is 17.1 Å². The molecule has 3 aromatic rings. The molecule has 0 spiro atoms. The Bertz CT molecular complexity index is 1150. The highest BCUT2D eigenvalue weighted by Crippen LogP contribution is 2.41. The first kappa shape index (κ1) is 25.3. The van der Waals surface area contributed by atoms with Gasteiger partial charge in [-0.15, -0.1) is 0 Å². The number of amides is 1. The molecule has 0 saturated heterocycles. The highest BCUT2D eigenvalue weighted by Gasteiger charge is 2.42. The molecule has 0 saturated carbocycles. The lowest BCUT2D eigenvalue weighted by atomic mass is 9.96. The standard InChI is InChI=1S/C25H29F3N4O2/c1-16-20(18-12-30-19(34-6)13-29-18)21(23(33)31(5)15-24(2,3)4)32(22(16)25(26,27)28)14-17-10-8-7-9-11-17/h7-13H,14-15H2,1-6H3. The SMILES string of the molecule is COc1cnc(-c2c(C)c(C(F)(F)F)n(Cc3ccccc3)c2C(=O)N(C)CC(C)(C)C)cn1. The van der Waals surface area contributed by atoms with Crippen molar-refractivity contribution >= 4 is 5.91 Å². The predicted molar refractivity (Wildman–Crippen MR) is 124 cm³/mol. The molecule has 0 aliphatic rings. The lowest BCUT2D eigenvalue weighted by molar-refractivity contribution is -0.143. The van der Waals surface area contributed by atoms with Crippen LogP contribution in [0.4, 0.5) is 13.2 Å². The summed E-state index contributed by atoms with van der Waals surface area (Å²) in [4.78, 5) is 23.5. The van der Waals surface area contributed by atoms with Crippen LogP contribution in [0.15, 0.2) is 42.7 Å². The molecule has 1 aromatic carbocycles. The summed E-state index contributed by atoms with van der Waals surface area (Å²) in [5, 5.41) is 0. The van der Waals surface area contributed by atoms with Crippen LogP contribution in [0, 0.1) is 12.3 Å². The third kappa shape index (κ3) is 5.40. The number of methoxy groups -OCH3 is 1. The maximum Gasteiger partial charge on any atom is 0.431 e. The van der Waals surface area contributed by atoms with Gasteiger partial charge in [-0.2, -0.15) is 13.2 Å². The minimum Gasteiger partial charge on any atom is -0.480 e. The van der Waals surface area contributed by atoms with Crippen LogP contribution >= 0.6 is 0 Å². The number of rotatable bonds is 6. The first-order chi connectivity index (χ1) is 15.8. The number of ether oxygens (including phenoxy) is 1. The third-order valence-electron chi connectivity index (χ3n) is 5.31. The Balaban J connectivity index is 2.31. The molecule has 0 unspecified atom stereocenters. The van der Waals surface area contributed by atoms with Crippen molar-refractivity contribution in [3.05, 3.63) is 65.2 Å². The zero-order valence-corrected chi connectivity index (χ0v) is 20.2. The van der Waals surface area contributed by atoms with Gasteiger partial charge >= 0.3 is 6.18 Å². The number of halogens is 3. The molecule has 2 aromatic heterocycles. The number of hydrogen-bond acceptors (Lipinski definition) is 4. The molecule has 0 bridgehead atoms. The molecule has 182 valence electrons. The van der Waals surface area contributed by atoms with Crippen LogP contribution in [0.3, 0.4) is 0 Å². The molecule has 0 N–H and O–H groups in total. The van der Waals surface area contributed by atoms with Crippen molar-refractivity contribution < 1.29 is 22.7 Å². The Morgan fingerprint density at radius 2 is 1.74 bits per heavy atom. The van der Waals surface area contributed by atoms with Gasteiger partial charge in [0.1, 0.15) is 11.4 Å². The number of hydrogen-bond donors (Lipinski definition) is 0. The molecule has 1 amide bonds. The van der Waals surface area contributed by atoms with Crippen molar-refractivity contribution in [2.45, 2.75) is 40.4 Å². The Kier molecular flexibility index (Phi) is 7.05. The van der Waals surface area contributed by atoms with Gasteiger partial charge in [0.2, 0.25) is 5.88 Å². The molecular weight excluding hydrogens is 445 g/mol. The average molecular weight is 475 g/mol. The Labute approximate surface area is 197 Å². The minimum atomic E-state index is -4.69. The zero-order chi connectivity index (χ0) is 25.3. The van der Waals surface area contributed by atoms with Gasteiger partial charge in [0.25, 0.3) is 5.91 Å². The third-order valence-corrected chi connectivity index (χ3v) is 5.31. The van der Waals surface area contributed by atoms with E-state index >= 15 is 0 Å². The maximum absolute atomic E-state index is 14.4. The largest absolute Gasteiger partial charge is 0.480 e. The fourth-order valence-corrected chi connectivity index (χ4v) is 4.09.